The zero-order valence-electron chi connectivity index (χ0n) is 33.5. The van der Waals surface area contributed by atoms with Gasteiger partial charge in [0.25, 0.3) is 0 Å². The average Bonchev–Trinajstić information content (AvgIpc) is 3.63. The Morgan fingerprint density at radius 3 is 2.68 bits per heavy atom. The smallest absolute Gasteiger partial charge is 0.395 e. The van der Waals surface area contributed by atoms with Crippen LogP contribution in [0.5, 0.6) is 11.5 Å². The first-order valence-electron chi connectivity index (χ1n) is 18.1. The van der Waals surface area contributed by atoms with Crippen LogP contribution in [0, 0.1) is 5.82 Å². The maximum absolute atomic E-state index is 16.3. The Morgan fingerprint density at radius 2 is 2.03 bits per heavy atom. The minimum absolute atomic E-state index is 0.0515. The van der Waals surface area contributed by atoms with Crippen molar-refractivity contribution < 1.29 is 56.8 Å². The first-order valence-corrected chi connectivity index (χ1v) is 11.1. The van der Waals surface area contributed by atoms with Crippen molar-refractivity contribution in [1.82, 2.24) is 4.57 Å². The summed E-state index contributed by atoms with van der Waals surface area (Å²) in [5.74, 6) is -4.52. The number of halogens is 3. The summed E-state index contributed by atoms with van der Waals surface area (Å²) in [6, 6.07) is -6.21. The van der Waals surface area contributed by atoms with Gasteiger partial charge < -0.3 is 24.3 Å². The lowest BCUT2D eigenvalue weighted by Gasteiger charge is -2.26. The summed E-state index contributed by atoms with van der Waals surface area (Å²) >= 11 is 0. The number of benzene rings is 2. The van der Waals surface area contributed by atoms with Crippen LogP contribution in [0.15, 0.2) is 36.3 Å². The number of carbonyl (C=O) groups is 1. The van der Waals surface area contributed by atoms with Crippen LogP contribution in [0.2, 0.25) is 0 Å². The average molecular weight is 532 g/mol. The number of hydrogen-bond donors (Lipinski definition) is 2. The number of aliphatic hydroxyl groups excluding tert-OH is 1. The third-order valence-electron chi connectivity index (χ3n) is 6.35. The molecule has 1 aliphatic heterocycles. The van der Waals surface area contributed by atoms with E-state index in [0.29, 0.717) is 0 Å². The maximum atomic E-state index is 16.3. The highest BCUT2D eigenvalue weighted by atomic mass is 19.3. The van der Waals surface area contributed by atoms with Crippen molar-refractivity contribution in [3.8, 4) is 11.5 Å². The van der Waals surface area contributed by atoms with Crippen LogP contribution in [0.25, 0.3) is 10.9 Å². The summed E-state index contributed by atoms with van der Waals surface area (Å²) in [7, 11) is 0. The lowest BCUT2D eigenvalue weighted by molar-refractivity contribution is -0.286. The van der Waals surface area contributed by atoms with Gasteiger partial charge in [0, 0.05) is 29.8 Å². The van der Waals surface area contributed by atoms with Crippen molar-refractivity contribution >= 4 is 16.7 Å². The highest BCUT2D eigenvalue weighted by Crippen LogP contribution is 2.52. The number of ether oxygens (including phenoxy) is 2. The van der Waals surface area contributed by atoms with Crippen molar-refractivity contribution in [2.45, 2.75) is 76.0 Å². The van der Waals surface area contributed by atoms with Gasteiger partial charge >= 0.3 is 6.29 Å². The third-order valence-corrected chi connectivity index (χ3v) is 6.35. The molecule has 5 rings (SSSR count). The van der Waals surface area contributed by atoms with E-state index in [1.54, 1.807) is 0 Å². The number of nitrogens with zero attached hydrogens (tertiary/aromatic N) is 1. The quantitative estimate of drug-likeness (QED) is 0.407. The topological polar surface area (TPSA) is 80.9 Å². The fraction of sp³-hybridized carbons (Fsp3) is 0.464. The number of Topliss-reactive ketones (excluding diaryl/α,β-unsaturated/α-hetero) is 1. The third kappa shape index (κ3) is 4.48. The molecule has 6 nitrogen and oxygen atoms in total. The van der Waals surface area contributed by atoms with E-state index in [9.17, 15) is 23.8 Å². The predicted molar refractivity (Wildman–Crippen MR) is 131 cm³/mol. The summed E-state index contributed by atoms with van der Waals surface area (Å²) in [5, 5.41) is 19.4. The molecule has 0 saturated heterocycles. The van der Waals surface area contributed by atoms with Gasteiger partial charge in [-0.3, -0.25) is 4.79 Å². The molecule has 198 valence electrons. The van der Waals surface area contributed by atoms with Crippen LogP contribution >= 0.6 is 0 Å². The van der Waals surface area contributed by atoms with Gasteiger partial charge in [0.1, 0.15) is 11.6 Å². The summed E-state index contributed by atoms with van der Waals surface area (Å²) in [5.41, 5.74) is -8.41. The molecule has 0 bridgehead atoms. The lowest BCUT2D eigenvalue weighted by Crippen LogP contribution is -2.26. The Balaban J connectivity index is 1.79. The Morgan fingerprint density at radius 1 is 1.30 bits per heavy atom. The van der Waals surface area contributed by atoms with E-state index in [2.05, 4.69) is 9.47 Å². The van der Waals surface area contributed by atoms with E-state index >= 15 is 4.39 Å². The largest absolute Gasteiger partial charge is 0.586 e. The van der Waals surface area contributed by atoms with E-state index < -0.39 is 143 Å². The molecule has 9 heteroatoms. The SMILES string of the molecule is [2H]c1c([2H])c(C2(C(=O)Cc3c(F)c([2H])c4c(c3[2H])c([2H])c(C(C)(C([2H])([2H])[2H])C([2H])([2H])C)n4C([2H])([2H])[C@]([2H])(O)CO)CC2)c([2H])c2c1OC(F)(F)O2. The second-order valence-corrected chi connectivity index (χ2v) is 8.92. The van der Waals surface area contributed by atoms with Gasteiger partial charge in [-0.25, -0.2) is 4.39 Å². The molecule has 2 N–H and O–H groups in total. The first-order chi connectivity index (χ1) is 23.0. The monoisotopic (exact) mass is 531 g/mol. The minimum atomic E-state index is -4.28. The maximum Gasteiger partial charge on any atom is 0.586 e. The number of ketones is 1. The Kier molecular flexibility index (Phi) is 3.24. The van der Waals surface area contributed by atoms with Crippen LogP contribution in [0.3, 0.4) is 0 Å². The number of hydrogen-bond acceptors (Lipinski definition) is 5. The zero-order chi connectivity index (χ0) is 39.0. The summed E-state index contributed by atoms with van der Waals surface area (Å²) in [6.07, 6.45) is -12.1. The second-order valence-electron chi connectivity index (χ2n) is 8.92. The van der Waals surface area contributed by atoms with E-state index in [1.807, 2.05) is 0 Å². The number of rotatable bonds is 9. The number of alkyl halides is 2. The lowest BCUT2D eigenvalue weighted by atomic mass is 9.86. The van der Waals surface area contributed by atoms with Crippen molar-refractivity contribution in [3.63, 3.8) is 0 Å². The fourth-order valence-electron chi connectivity index (χ4n) is 4.06. The molecule has 2 aromatic carbocycles. The minimum Gasteiger partial charge on any atom is -0.395 e. The zero-order valence-corrected chi connectivity index (χ0v) is 19.5. The number of fused-ring (bicyclic) bond motifs is 2. The molecule has 37 heavy (non-hydrogen) atoms. The van der Waals surface area contributed by atoms with Crippen molar-refractivity contribution in [2.24, 2.45) is 0 Å². The molecule has 1 unspecified atom stereocenters. The molecule has 2 aliphatic rings. The van der Waals surface area contributed by atoms with Crippen molar-refractivity contribution in [1.29, 1.82) is 0 Å². The van der Waals surface area contributed by atoms with E-state index in [1.165, 1.54) is 0 Å². The summed E-state index contributed by atoms with van der Waals surface area (Å²) in [4.78, 5) is 13.9. The standard InChI is InChI=1S/C28H30F3NO5/c1-4-26(2,3)24-10-17-9-16(20(29)13-21(17)32(24)14-19(34)15-33)11-25(35)27(7-8-27)18-5-6-22-23(12-18)37-28(30,31)36-22/h5-6,9-10,12-13,19,33-34H,4,7-8,11,14-15H2,1-3H3/t19-/m0/s1/i2D3,4D2,5D,6D,9D,10D,12D,13D,14D2,19D/t19-,26?. The van der Waals surface area contributed by atoms with Gasteiger partial charge in [0.05, 0.1) is 42.5 Å². The normalized spacial score (nSPS) is 27.0. The van der Waals surface area contributed by atoms with Gasteiger partial charge in [-0.1, -0.05) is 26.7 Å². The van der Waals surface area contributed by atoms with Crippen LogP contribution < -0.4 is 9.47 Å². The molecule has 0 amide bonds. The van der Waals surface area contributed by atoms with Gasteiger partial charge in [0.2, 0.25) is 0 Å². The Bertz CT molecular complexity index is 1990. The van der Waals surface area contributed by atoms with Crippen molar-refractivity contribution in [3.05, 3.63) is 58.9 Å². The Labute approximate surface area is 232 Å². The molecule has 0 radical (unpaired) electrons. The van der Waals surface area contributed by atoms with E-state index in [0.717, 1.165) is 13.8 Å². The molecule has 1 saturated carbocycles. The van der Waals surface area contributed by atoms with Crippen LogP contribution in [0.4, 0.5) is 13.2 Å². The molecule has 3 aromatic rings. The first kappa shape index (κ1) is 13.7. The van der Waals surface area contributed by atoms with Crippen LogP contribution in [-0.4, -0.2) is 39.5 Å². The van der Waals surface area contributed by atoms with Gasteiger partial charge in [-0.15, -0.1) is 8.78 Å². The molecule has 1 aromatic heterocycles. The molecule has 0 spiro atoms. The van der Waals surface area contributed by atoms with E-state index in [4.69, 9.17) is 19.2 Å². The highest BCUT2D eigenvalue weighted by Gasteiger charge is 2.52. The Hall–Kier alpha value is -3.04. The number of carbonyl (C=O) groups excluding carboxylic acids is 1. The molecular formula is C28H30F3NO5. The molecule has 1 aliphatic carbocycles. The molecular weight excluding hydrogens is 487 g/mol. The predicted octanol–water partition coefficient (Wildman–Crippen LogP) is 4.99. The fourth-order valence-corrected chi connectivity index (χ4v) is 4.06. The van der Waals surface area contributed by atoms with E-state index in [-0.39, 0.29) is 17.4 Å². The number of aromatic nitrogens is 1. The molecule has 1 fully saturated rings. The summed E-state index contributed by atoms with van der Waals surface area (Å²) < 4.78 is 171. The molecule has 2 heterocycles. The number of aliphatic hydroxyl groups is 2. The van der Waals surface area contributed by atoms with Crippen LogP contribution in [-0.2, 0) is 28.5 Å². The molecule has 2 atom stereocenters. The second kappa shape index (κ2) is 8.77. The summed E-state index contributed by atoms with van der Waals surface area (Å²) in [6.45, 7) is -7.30. The van der Waals surface area contributed by atoms with Crippen LogP contribution in [0.1, 0.15) is 75.9 Å². The highest BCUT2D eigenvalue weighted by molar-refractivity contribution is 5.95. The van der Waals surface area contributed by atoms with Gasteiger partial charge in [-0.05, 0) is 60.6 Å². The van der Waals surface area contributed by atoms with Crippen molar-refractivity contribution in [2.75, 3.05) is 6.61 Å². The van der Waals surface area contributed by atoms with Gasteiger partial charge in [0.15, 0.2) is 11.5 Å². The van der Waals surface area contributed by atoms with Gasteiger partial charge in [-0.2, -0.15) is 0 Å².